The molecule has 28 heavy (non-hydrogen) atoms. The first-order valence-corrected chi connectivity index (χ1v) is 8.92. The minimum atomic E-state index is -0.420. The molecule has 7 nitrogen and oxygen atoms in total. The molecule has 4 amide bonds. The molecule has 0 saturated carbocycles. The van der Waals surface area contributed by atoms with Crippen molar-refractivity contribution in [2.75, 3.05) is 11.9 Å². The first kappa shape index (κ1) is 17.9. The number of halogens is 1. The second-order valence-electron chi connectivity index (χ2n) is 6.32. The fourth-order valence-corrected chi connectivity index (χ4v) is 3.30. The quantitative estimate of drug-likeness (QED) is 0.665. The molecule has 140 valence electrons. The van der Waals surface area contributed by atoms with Crippen LogP contribution in [0.15, 0.2) is 54.7 Å². The number of amides is 4. The van der Waals surface area contributed by atoms with E-state index in [2.05, 4.69) is 15.6 Å². The van der Waals surface area contributed by atoms with Crippen molar-refractivity contribution >= 4 is 46.0 Å². The highest BCUT2D eigenvalue weighted by Crippen LogP contribution is 2.23. The topological polar surface area (TPSA) is 91.4 Å². The lowest BCUT2D eigenvalue weighted by Gasteiger charge is -2.14. The van der Waals surface area contributed by atoms with Crippen molar-refractivity contribution < 1.29 is 14.4 Å². The van der Waals surface area contributed by atoms with E-state index >= 15 is 0 Å². The maximum Gasteiger partial charge on any atom is 0.324 e. The van der Waals surface area contributed by atoms with Gasteiger partial charge in [-0.2, -0.15) is 0 Å². The van der Waals surface area contributed by atoms with Crippen molar-refractivity contribution in [1.82, 2.24) is 15.2 Å². The number of pyridine rings is 1. The van der Waals surface area contributed by atoms with Gasteiger partial charge in [-0.15, -0.1) is 0 Å². The molecule has 0 unspecified atom stereocenters. The molecular formula is C20H15ClN4O3. The fourth-order valence-electron chi connectivity index (χ4n) is 3.07. The second kappa shape index (κ2) is 7.28. The van der Waals surface area contributed by atoms with Gasteiger partial charge in [-0.05, 0) is 35.9 Å². The van der Waals surface area contributed by atoms with Gasteiger partial charge in [0.2, 0.25) is 5.91 Å². The molecule has 0 atom stereocenters. The van der Waals surface area contributed by atoms with Gasteiger partial charge in [0.05, 0.1) is 24.2 Å². The summed E-state index contributed by atoms with van der Waals surface area (Å²) in [7, 11) is 0. The van der Waals surface area contributed by atoms with Crippen molar-refractivity contribution in [3.63, 3.8) is 0 Å². The zero-order valence-corrected chi connectivity index (χ0v) is 15.4. The Balaban J connectivity index is 1.57. The van der Waals surface area contributed by atoms with Crippen molar-refractivity contribution in [1.29, 1.82) is 0 Å². The third kappa shape index (κ3) is 3.52. The van der Waals surface area contributed by atoms with E-state index in [4.69, 9.17) is 11.6 Å². The van der Waals surface area contributed by atoms with E-state index < -0.39 is 6.03 Å². The molecule has 3 aromatic rings. The minimum absolute atomic E-state index is 0.00407. The van der Waals surface area contributed by atoms with Gasteiger partial charge in [0.1, 0.15) is 0 Å². The Labute approximate surface area is 165 Å². The molecule has 0 bridgehead atoms. The molecule has 2 aromatic carbocycles. The summed E-state index contributed by atoms with van der Waals surface area (Å²) in [5, 5.41) is 6.52. The normalized spacial score (nSPS) is 13.7. The number of urea groups is 1. The first-order chi connectivity index (χ1) is 13.5. The number of nitrogens with zero attached hydrogens (tertiary/aromatic N) is 2. The zero-order chi connectivity index (χ0) is 19.7. The summed E-state index contributed by atoms with van der Waals surface area (Å²) in [6, 6.07) is 13.5. The van der Waals surface area contributed by atoms with Gasteiger partial charge >= 0.3 is 6.03 Å². The van der Waals surface area contributed by atoms with Gasteiger partial charge in [0, 0.05) is 22.3 Å². The van der Waals surface area contributed by atoms with Crippen LogP contribution in [0.2, 0.25) is 5.02 Å². The molecule has 8 heteroatoms. The van der Waals surface area contributed by atoms with E-state index in [1.807, 2.05) is 6.07 Å². The molecule has 1 fully saturated rings. The van der Waals surface area contributed by atoms with Crippen LogP contribution >= 0.6 is 11.6 Å². The number of benzene rings is 2. The Morgan fingerprint density at radius 3 is 2.82 bits per heavy atom. The molecule has 1 aliphatic heterocycles. The number of aromatic nitrogens is 1. The maximum absolute atomic E-state index is 12.8. The Morgan fingerprint density at radius 2 is 2.04 bits per heavy atom. The Morgan fingerprint density at radius 1 is 1.18 bits per heavy atom. The van der Waals surface area contributed by atoms with Crippen LogP contribution in [0.4, 0.5) is 10.5 Å². The fraction of sp³-hybridized carbons (Fsp3) is 0.100. The van der Waals surface area contributed by atoms with E-state index in [9.17, 15) is 14.4 Å². The number of anilines is 1. The van der Waals surface area contributed by atoms with Crippen molar-refractivity contribution in [2.24, 2.45) is 0 Å². The predicted octanol–water partition coefficient (Wildman–Crippen LogP) is 3.19. The lowest BCUT2D eigenvalue weighted by atomic mass is 10.1. The number of imide groups is 1. The van der Waals surface area contributed by atoms with E-state index in [1.54, 1.807) is 48.7 Å². The molecule has 1 aliphatic rings. The van der Waals surface area contributed by atoms with Gasteiger partial charge < -0.3 is 10.6 Å². The van der Waals surface area contributed by atoms with E-state index in [-0.39, 0.29) is 24.9 Å². The Hall–Kier alpha value is -3.45. The van der Waals surface area contributed by atoms with Crippen LogP contribution in [0, 0.1) is 0 Å². The van der Waals surface area contributed by atoms with Crippen molar-refractivity contribution in [3.8, 4) is 0 Å². The summed E-state index contributed by atoms with van der Waals surface area (Å²) in [6.45, 7) is 0.139. The molecule has 1 saturated heterocycles. The minimum Gasteiger partial charge on any atom is -0.329 e. The van der Waals surface area contributed by atoms with Crippen LogP contribution in [0.1, 0.15) is 15.9 Å². The SMILES string of the molecule is O=C(Nc1cccc(CN2C(=O)CNC2=O)c1)c1cc(Cl)cc2cccnc12. The highest BCUT2D eigenvalue weighted by molar-refractivity contribution is 6.32. The zero-order valence-electron chi connectivity index (χ0n) is 14.6. The van der Waals surface area contributed by atoms with E-state index in [0.717, 1.165) is 15.8 Å². The third-order valence-corrected chi connectivity index (χ3v) is 4.60. The molecule has 2 heterocycles. The van der Waals surface area contributed by atoms with Gasteiger partial charge in [-0.25, -0.2) is 4.79 Å². The van der Waals surface area contributed by atoms with Crippen LogP contribution in [0.3, 0.4) is 0 Å². The average molecular weight is 395 g/mol. The van der Waals surface area contributed by atoms with Crippen LogP contribution < -0.4 is 10.6 Å². The van der Waals surface area contributed by atoms with Gasteiger partial charge in [-0.3, -0.25) is 19.5 Å². The second-order valence-corrected chi connectivity index (χ2v) is 6.76. The highest BCUT2D eigenvalue weighted by Gasteiger charge is 2.28. The summed E-state index contributed by atoms with van der Waals surface area (Å²) in [4.78, 5) is 41.7. The number of hydrogen-bond acceptors (Lipinski definition) is 4. The lowest BCUT2D eigenvalue weighted by Crippen LogP contribution is -2.30. The molecule has 1 aromatic heterocycles. The van der Waals surface area contributed by atoms with Crippen molar-refractivity contribution in [3.05, 3.63) is 70.9 Å². The van der Waals surface area contributed by atoms with Crippen LogP contribution in [0.25, 0.3) is 10.9 Å². The van der Waals surface area contributed by atoms with Gasteiger partial charge in [-0.1, -0.05) is 29.8 Å². The summed E-state index contributed by atoms with van der Waals surface area (Å²) in [6.07, 6.45) is 1.62. The smallest absolute Gasteiger partial charge is 0.324 e. The summed E-state index contributed by atoms with van der Waals surface area (Å²) in [5.74, 6) is -0.630. The van der Waals surface area contributed by atoms with E-state index in [0.29, 0.717) is 21.8 Å². The standard InChI is InChI=1S/C20H15ClN4O3/c21-14-8-13-4-2-6-22-18(13)16(9-14)19(27)24-15-5-1-3-12(7-15)11-25-17(26)10-23-20(25)28/h1-9H,10-11H2,(H,23,28)(H,24,27). The molecule has 0 radical (unpaired) electrons. The molecule has 0 spiro atoms. The Bertz CT molecular complexity index is 1100. The van der Waals surface area contributed by atoms with Crippen molar-refractivity contribution in [2.45, 2.75) is 6.54 Å². The molecule has 2 N–H and O–H groups in total. The first-order valence-electron chi connectivity index (χ1n) is 8.54. The summed E-state index contributed by atoms with van der Waals surface area (Å²) >= 11 is 6.14. The number of carbonyl (C=O) groups is 3. The number of carbonyl (C=O) groups excluding carboxylic acids is 3. The van der Waals surface area contributed by atoms with Gasteiger partial charge in [0.15, 0.2) is 0 Å². The number of fused-ring (bicyclic) bond motifs is 1. The van der Waals surface area contributed by atoms with Crippen LogP contribution in [-0.4, -0.2) is 34.3 Å². The summed E-state index contributed by atoms with van der Waals surface area (Å²) < 4.78 is 0. The number of nitrogens with one attached hydrogen (secondary N) is 2. The third-order valence-electron chi connectivity index (χ3n) is 4.38. The van der Waals surface area contributed by atoms with Crippen LogP contribution in [0.5, 0.6) is 0 Å². The predicted molar refractivity (Wildman–Crippen MR) is 105 cm³/mol. The highest BCUT2D eigenvalue weighted by atomic mass is 35.5. The monoisotopic (exact) mass is 394 g/mol. The summed E-state index contributed by atoms with van der Waals surface area (Å²) in [5.41, 5.74) is 2.18. The number of rotatable bonds is 4. The van der Waals surface area contributed by atoms with Crippen LogP contribution in [-0.2, 0) is 11.3 Å². The molecule has 4 rings (SSSR count). The molecular weight excluding hydrogens is 380 g/mol. The molecule has 0 aliphatic carbocycles. The lowest BCUT2D eigenvalue weighted by molar-refractivity contribution is -0.125. The maximum atomic E-state index is 12.8. The average Bonchev–Trinajstić information content (AvgIpc) is 2.99. The van der Waals surface area contributed by atoms with Gasteiger partial charge in [0.25, 0.3) is 5.91 Å². The van der Waals surface area contributed by atoms with E-state index in [1.165, 1.54) is 0 Å². The number of hydrogen-bond donors (Lipinski definition) is 2. The Kier molecular flexibility index (Phi) is 4.67. The largest absolute Gasteiger partial charge is 0.329 e.